The monoisotopic (exact) mass is 281 g/mol. The Labute approximate surface area is 122 Å². The molecule has 0 aliphatic rings. The quantitative estimate of drug-likeness (QED) is 0.706. The van der Waals surface area contributed by atoms with Crippen molar-refractivity contribution in [3.8, 4) is 5.75 Å². The van der Waals surface area contributed by atoms with E-state index in [9.17, 15) is 0 Å². The second-order valence-corrected chi connectivity index (χ2v) is 5.80. The van der Waals surface area contributed by atoms with E-state index in [-0.39, 0.29) is 0 Å². The minimum absolute atomic E-state index is 0.648. The molecule has 0 spiro atoms. The highest BCUT2D eigenvalue weighted by Gasteiger charge is 2.07. The molecule has 19 heavy (non-hydrogen) atoms. The van der Waals surface area contributed by atoms with Crippen molar-refractivity contribution < 1.29 is 4.74 Å². The van der Waals surface area contributed by atoms with E-state index in [4.69, 9.17) is 4.74 Å². The molecule has 1 aromatic carbocycles. The van der Waals surface area contributed by atoms with Gasteiger partial charge in [0.2, 0.25) is 0 Å². The van der Waals surface area contributed by atoms with Crippen LogP contribution in [-0.2, 0) is 6.42 Å². The van der Waals surface area contributed by atoms with E-state index in [0.29, 0.717) is 6.04 Å². The van der Waals surface area contributed by atoms with Crippen LogP contribution in [0.1, 0.15) is 31.7 Å². The fourth-order valence-corrected chi connectivity index (χ4v) is 2.61. The molecule has 0 bridgehead atoms. The SMILES string of the molecule is CCCNC(CCSC)CCc1ccc(OC)cc1. The summed E-state index contributed by atoms with van der Waals surface area (Å²) in [5.41, 5.74) is 1.40. The molecule has 2 nitrogen and oxygen atoms in total. The molecule has 108 valence electrons. The molecule has 0 saturated heterocycles. The van der Waals surface area contributed by atoms with Crippen molar-refractivity contribution in [2.75, 3.05) is 25.7 Å². The highest BCUT2D eigenvalue weighted by Crippen LogP contribution is 2.14. The molecular formula is C16H27NOS. The third kappa shape index (κ3) is 6.88. The van der Waals surface area contributed by atoms with Gasteiger partial charge in [-0.05, 0) is 61.9 Å². The maximum absolute atomic E-state index is 5.19. The van der Waals surface area contributed by atoms with Gasteiger partial charge in [-0.25, -0.2) is 0 Å². The summed E-state index contributed by atoms with van der Waals surface area (Å²) in [7, 11) is 1.71. The molecule has 0 radical (unpaired) electrons. The lowest BCUT2D eigenvalue weighted by Crippen LogP contribution is -2.30. The molecule has 0 saturated carbocycles. The highest BCUT2D eigenvalue weighted by molar-refractivity contribution is 7.98. The Hall–Kier alpha value is -0.670. The fourth-order valence-electron chi connectivity index (χ4n) is 2.09. The minimum atomic E-state index is 0.648. The summed E-state index contributed by atoms with van der Waals surface area (Å²) in [6.07, 6.45) is 7.00. The van der Waals surface area contributed by atoms with Crippen LogP contribution in [0.25, 0.3) is 0 Å². The van der Waals surface area contributed by atoms with Gasteiger partial charge in [0.05, 0.1) is 7.11 Å². The van der Waals surface area contributed by atoms with Crippen molar-refractivity contribution in [3.63, 3.8) is 0 Å². The number of benzene rings is 1. The number of aryl methyl sites for hydroxylation is 1. The van der Waals surface area contributed by atoms with Crippen molar-refractivity contribution >= 4 is 11.8 Å². The Morgan fingerprint density at radius 1 is 1.21 bits per heavy atom. The van der Waals surface area contributed by atoms with Crippen LogP contribution in [0.2, 0.25) is 0 Å². The summed E-state index contributed by atoms with van der Waals surface area (Å²) in [5.74, 6) is 2.18. The maximum atomic E-state index is 5.19. The number of methoxy groups -OCH3 is 1. The first-order chi connectivity index (χ1) is 9.30. The van der Waals surface area contributed by atoms with Crippen LogP contribution >= 0.6 is 11.8 Å². The predicted octanol–water partition coefficient (Wildman–Crippen LogP) is 3.75. The molecule has 1 unspecified atom stereocenters. The predicted molar refractivity (Wildman–Crippen MR) is 86.4 cm³/mol. The zero-order valence-corrected chi connectivity index (χ0v) is 13.3. The summed E-state index contributed by atoms with van der Waals surface area (Å²) >= 11 is 1.93. The Bertz CT molecular complexity index is 318. The Balaban J connectivity index is 2.39. The van der Waals surface area contributed by atoms with E-state index in [0.717, 1.165) is 18.7 Å². The largest absolute Gasteiger partial charge is 0.497 e. The molecule has 1 N–H and O–H groups in total. The number of thioether (sulfide) groups is 1. The van der Waals surface area contributed by atoms with Crippen molar-refractivity contribution in [2.24, 2.45) is 0 Å². The molecule has 0 aliphatic heterocycles. The second-order valence-electron chi connectivity index (χ2n) is 4.82. The number of nitrogens with one attached hydrogen (secondary N) is 1. The number of hydrogen-bond acceptors (Lipinski definition) is 3. The summed E-state index contributed by atoms with van der Waals surface area (Å²) in [6.45, 7) is 3.35. The van der Waals surface area contributed by atoms with E-state index in [1.807, 2.05) is 23.9 Å². The van der Waals surface area contributed by atoms with Gasteiger partial charge < -0.3 is 10.1 Å². The van der Waals surface area contributed by atoms with E-state index < -0.39 is 0 Å². The summed E-state index contributed by atoms with van der Waals surface area (Å²) < 4.78 is 5.19. The van der Waals surface area contributed by atoms with Crippen LogP contribution in [0.4, 0.5) is 0 Å². The zero-order valence-electron chi connectivity index (χ0n) is 12.4. The molecule has 0 amide bonds. The van der Waals surface area contributed by atoms with Crippen molar-refractivity contribution in [1.82, 2.24) is 5.32 Å². The van der Waals surface area contributed by atoms with Gasteiger partial charge >= 0.3 is 0 Å². The smallest absolute Gasteiger partial charge is 0.118 e. The molecular weight excluding hydrogens is 254 g/mol. The highest BCUT2D eigenvalue weighted by atomic mass is 32.2. The maximum Gasteiger partial charge on any atom is 0.118 e. The molecule has 0 fully saturated rings. The van der Waals surface area contributed by atoms with E-state index in [1.165, 1.54) is 30.6 Å². The van der Waals surface area contributed by atoms with Crippen LogP contribution in [0.5, 0.6) is 5.75 Å². The molecule has 1 aromatic rings. The lowest BCUT2D eigenvalue weighted by molar-refractivity contribution is 0.414. The van der Waals surface area contributed by atoms with Crippen LogP contribution in [0.15, 0.2) is 24.3 Å². The van der Waals surface area contributed by atoms with Gasteiger partial charge in [0, 0.05) is 6.04 Å². The van der Waals surface area contributed by atoms with Crippen LogP contribution < -0.4 is 10.1 Å². The Morgan fingerprint density at radius 2 is 1.95 bits per heavy atom. The van der Waals surface area contributed by atoms with Crippen LogP contribution in [-0.4, -0.2) is 31.7 Å². The number of hydrogen-bond donors (Lipinski definition) is 1. The lowest BCUT2D eigenvalue weighted by Gasteiger charge is -2.18. The lowest BCUT2D eigenvalue weighted by atomic mass is 10.0. The number of rotatable bonds is 10. The molecule has 0 aliphatic carbocycles. The van der Waals surface area contributed by atoms with Crippen molar-refractivity contribution in [2.45, 2.75) is 38.6 Å². The van der Waals surface area contributed by atoms with Crippen molar-refractivity contribution in [1.29, 1.82) is 0 Å². The molecule has 0 heterocycles. The Morgan fingerprint density at radius 3 is 2.53 bits per heavy atom. The number of ether oxygens (including phenoxy) is 1. The molecule has 1 rings (SSSR count). The second kappa shape index (κ2) is 10.2. The third-order valence-corrected chi connectivity index (χ3v) is 3.94. The molecule has 3 heteroatoms. The van der Waals surface area contributed by atoms with Gasteiger partial charge in [-0.15, -0.1) is 0 Å². The zero-order chi connectivity index (χ0) is 13.9. The summed E-state index contributed by atoms with van der Waals surface area (Å²) in [6, 6.07) is 9.08. The van der Waals surface area contributed by atoms with Crippen LogP contribution in [0.3, 0.4) is 0 Å². The first kappa shape index (κ1) is 16.4. The van der Waals surface area contributed by atoms with E-state index in [2.05, 4.69) is 30.6 Å². The van der Waals surface area contributed by atoms with Crippen molar-refractivity contribution in [3.05, 3.63) is 29.8 Å². The third-order valence-electron chi connectivity index (χ3n) is 3.29. The van der Waals surface area contributed by atoms with Gasteiger partial charge in [-0.3, -0.25) is 0 Å². The van der Waals surface area contributed by atoms with Gasteiger partial charge in [0.1, 0.15) is 5.75 Å². The Kier molecular flexibility index (Phi) is 8.76. The summed E-state index contributed by atoms with van der Waals surface area (Å²) in [4.78, 5) is 0. The standard InChI is InChI=1S/C16H27NOS/c1-4-12-17-15(11-13-19-3)8-5-14-6-9-16(18-2)10-7-14/h6-7,9-10,15,17H,4-5,8,11-13H2,1-3H3. The first-order valence-electron chi connectivity index (χ1n) is 7.15. The minimum Gasteiger partial charge on any atom is -0.497 e. The average Bonchev–Trinajstić information content (AvgIpc) is 2.47. The van der Waals surface area contributed by atoms with Gasteiger partial charge in [0.15, 0.2) is 0 Å². The van der Waals surface area contributed by atoms with Gasteiger partial charge in [-0.2, -0.15) is 11.8 Å². The van der Waals surface area contributed by atoms with E-state index >= 15 is 0 Å². The average molecular weight is 281 g/mol. The molecule has 1 atom stereocenters. The summed E-state index contributed by atoms with van der Waals surface area (Å²) in [5, 5.41) is 3.66. The van der Waals surface area contributed by atoms with Gasteiger partial charge in [-0.1, -0.05) is 19.1 Å². The topological polar surface area (TPSA) is 21.3 Å². The fraction of sp³-hybridized carbons (Fsp3) is 0.625. The first-order valence-corrected chi connectivity index (χ1v) is 8.54. The van der Waals surface area contributed by atoms with Crippen LogP contribution in [0, 0.1) is 0 Å². The normalized spacial score (nSPS) is 12.4. The molecule has 0 aromatic heterocycles. The van der Waals surface area contributed by atoms with E-state index in [1.54, 1.807) is 7.11 Å². The van der Waals surface area contributed by atoms with Gasteiger partial charge in [0.25, 0.3) is 0 Å².